The molecule has 2 aromatic heterocycles. The summed E-state index contributed by atoms with van der Waals surface area (Å²) >= 11 is 0. The lowest BCUT2D eigenvalue weighted by molar-refractivity contribution is 0.594. The van der Waals surface area contributed by atoms with E-state index in [9.17, 15) is 8.42 Å². The van der Waals surface area contributed by atoms with Crippen LogP contribution in [0.3, 0.4) is 0 Å². The Kier molecular flexibility index (Phi) is 1.79. The van der Waals surface area contributed by atoms with Crippen LogP contribution >= 0.6 is 0 Å². The number of aryl methyl sites for hydroxylation is 1. The first-order valence-corrected chi connectivity index (χ1v) is 5.35. The molecule has 0 spiro atoms. The molecular weight excluding hydrogens is 204 g/mol. The van der Waals surface area contributed by atoms with Crippen molar-refractivity contribution in [1.29, 1.82) is 0 Å². The Bertz CT molecular complexity index is 587. The second-order valence-corrected chi connectivity index (χ2v) is 4.38. The molecule has 0 radical (unpaired) electrons. The lowest BCUT2D eigenvalue weighted by atomic mass is 10.4. The minimum absolute atomic E-state index is 0.145. The second kappa shape index (κ2) is 2.76. The highest BCUT2D eigenvalue weighted by molar-refractivity contribution is 7.89. The summed E-state index contributed by atoms with van der Waals surface area (Å²) in [6.45, 7) is 0. The van der Waals surface area contributed by atoms with Crippen LogP contribution in [0.2, 0.25) is 0 Å². The molecule has 0 aliphatic heterocycles. The molecule has 0 aromatic carbocycles. The lowest BCUT2D eigenvalue weighted by Gasteiger charge is -1.97. The van der Waals surface area contributed by atoms with Gasteiger partial charge < -0.3 is 0 Å². The van der Waals surface area contributed by atoms with Gasteiger partial charge in [-0.15, -0.1) is 0 Å². The molecule has 0 fully saturated rings. The van der Waals surface area contributed by atoms with Gasteiger partial charge in [-0.05, 0) is 12.1 Å². The van der Waals surface area contributed by atoms with E-state index in [2.05, 4.69) is 10.1 Å². The summed E-state index contributed by atoms with van der Waals surface area (Å²) in [6, 6.07) is 2.98. The molecule has 2 aromatic rings. The largest absolute Gasteiger partial charge is 0.255 e. The summed E-state index contributed by atoms with van der Waals surface area (Å²) in [5.41, 5.74) is 0.497. The fourth-order valence-electron chi connectivity index (χ4n) is 1.16. The third-order valence-corrected chi connectivity index (χ3v) is 2.66. The molecule has 0 saturated carbocycles. The number of hydrogen-bond acceptors (Lipinski definition) is 4. The molecule has 0 bridgehead atoms. The molecule has 0 atom stereocenters. The number of sulfonamides is 1. The minimum atomic E-state index is -3.74. The molecule has 0 unspecified atom stereocenters. The summed E-state index contributed by atoms with van der Waals surface area (Å²) in [4.78, 5) is 3.89. The lowest BCUT2D eigenvalue weighted by Crippen LogP contribution is -2.14. The third kappa shape index (κ3) is 1.36. The van der Waals surface area contributed by atoms with Gasteiger partial charge in [0.05, 0.1) is 6.20 Å². The van der Waals surface area contributed by atoms with Crippen molar-refractivity contribution < 1.29 is 8.42 Å². The molecule has 0 amide bonds. The van der Waals surface area contributed by atoms with Crippen LogP contribution in [-0.4, -0.2) is 23.2 Å². The molecule has 2 rings (SSSR count). The number of fused-ring (bicyclic) bond motifs is 1. The normalized spacial score (nSPS) is 12.1. The third-order valence-electron chi connectivity index (χ3n) is 1.85. The monoisotopic (exact) mass is 212 g/mol. The molecule has 14 heavy (non-hydrogen) atoms. The number of primary sulfonamides is 1. The highest BCUT2D eigenvalue weighted by atomic mass is 32.2. The number of rotatable bonds is 1. The fourth-order valence-corrected chi connectivity index (χ4v) is 1.64. The van der Waals surface area contributed by atoms with E-state index in [4.69, 9.17) is 5.14 Å². The van der Waals surface area contributed by atoms with Crippen LogP contribution in [0.25, 0.3) is 11.0 Å². The van der Waals surface area contributed by atoms with Gasteiger partial charge in [-0.25, -0.2) is 18.5 Å². The first-order valence-electron chi connectivity index (χ1n) is 3.80. The van der Waals surface area contributed by atoms with Gasteiger partial charge >= 0.3 is 0 Å². The molecule has 0 aliphatic rings. The van der Waals surface area contributed by atoms with Crippen LogP contribution in [-0.2, 0) is 17.1 Å². The quantitative estimate of drug-likeness (QED) is 0.697. The van der Waals surface area contributed by atoms with Gasteiger partial charge in [0, 0.05) is 12.4 Å². The van der Waals surface area contributed by atoms with E-state index in [0.29, 0.717) is 5.65 Å². The van der Waals surface area contributed by atoms with Crippen LogP contribution in [0.1, 0.15) is 0 Å². The SMILES string of the molecule is Cn1ncc2ccc(S(N)(=O)=O)nc21. The van der Waals surface area contributed by atoms with Crippen LogP contribution in [0.4, 0.5) is 0 Å². The van der Waals surface area contributed by atoms with Gasteiger partial charge in [0.25, 0.3) is 10.0 Å². The maximum absolute atomic E-state index is 11.0. The van der Waals surface area contributed by atoms with Crippen LogP contribution in [0, 0.1) is 0 Å². The highest BCUT2D eigenvalue weighted by Crippen LogP contribution is 2.12. The maximum Gasteiger partial charge on any atom is 0.255 e. The molecule has 7 heteroatoms. The van der Waals surface area contributed by atoms with Crippen LogP contribution in [0.5, 0.6) is 0 Å². The van der Waals surface area contributed by atoms with Crippen molar-refractivity contribution in [2.45, 2.75) is 5.03 Å². The van der Waals surface area contributed by atoms with Crippen molar-refractivity contribution in [2.24, 2.45) is 12.2 Å². The first kappa shape index (κ1) is 9.10. The Morgan fingerprint density at radius 1 is 1.43 bits per heavy atom. The van der Waals surface area contributed by atoms with Gasteiger partial charge in [0.2, 0.25) is 0 Å². The maximum atomic E-state index is 11.0. The zero-order chi connectivity index (χ0) is 10.3. The number of nitrogens with two attached hydrogens (primary N) is 1. The van der Waals surface area contributed by atoms with Gasteiger partial charge in [-0.3, -0.25) is 4.68 Å². The number of pyridine rings is 1. The predicted molar refractivity (Wildman–Crippen MR) is 49.9 cm³/mol. The number of aromatic nitrogens is 3. The van der Waals surface area contributed by atoms with E-state index < -0.39 is 10.0 Å². The summed E-state index contributed by atoms with van der Waals surface area (Å²) in [7, 11) is -2.06. The van der Waals surface area contributed by atoms with Gasteiger partial charge in [-0.2, -0.15) is 5.10 Å². The molecule has 2 heterocycles. The zero-order valence-corrected chi connectivity index (χ0v) is 8.19. The van der Waals surface area contributed by atoms with Crippen LogP contribution < -0.4 is 5.14 Å². The predicted octanol–water partition coefficient (Wildman–Crippen LogP) is -0.384. The van der Waals surface area contributed by atoms with E-state index in [0.717, 1.165) is 5.39 Å². The number of hydrogen-bond donors (Lipinski definition) is 1. The Balaban J connectivity index is 2.79. The van der Waals surface area contributed by atoms with Gasteiger partial charge in [0.15, 0.2) is 10.7 Å². The summed E-state index contributed by atoms with van der Waals surface area (Å²) in [5, 5.41) is 9.52. The van der Waals surface area contributed by atoms with Crippen molar-refractivity contribution in [3.8, 4) is 0 Å². The average Bonchev–Trinajstić information content (AvgIpc) is 2.46. The molecule has 0 saturated heterocycles. The topological polar surface area (TPSA) is 90.9 Å². The van der Waals surface area contributed by atoms with Crippen LogP contribution in [0.15, 0.2) is 23.4 Å². The van der Waals surface area contributed by atoms with Crippen molar-refractivity contribution in [3.05, 3.63) is 18.3 Å². The molecular formula is C7H8N4O2S. The first-order chi connectivity index (χ1) is 6.48. The summed E-state index contributed by atoms with van der Waals surface area (Å²) in [6.07, 6.45) is 1.61. The standard InChI is InChI=1S/C7H8N4O2S/c1-11-7-5(4-9-11)2-3-6(10-7)14(8,12)13/h2-4H,1H3,(H2,8,12,13). The Morgan fingerprint density at radius 2 is 2.14 bits per heavy atom. The van der Waals surface area contributed by atoms with E-state index in [1.165, 1.54) is 10.7 Å². The fraction of sp³-hybridized carbons (Fsp3) is 0.143. The average molecular weight is 212 g/mol. The Morgan fingerprint density at radius 3 is 2.79 bits per heavy atom. The van der Waals surface area contributed by atoms with Gasteiger partial charge in [-0.1, -0.05) is 0 Å². The van der Waals surface area contributed by atoms with E-state index in [1.54, 1.807) is 19.3 Å². The van der Waals surface area contributed by atoms with Crippen molar-refractivity contribution in [2.75, 3.05) is 0 Å². The number of nitrogens with zero attached hydrogens (tertiary/aromatic N) is 3. The summed E-state index contributed by atoms with van der Waals surface area (Å²) in [5.74, 6) is 0. The summed E-state index contributed by atoms with van der Waals surface area (Å²) < 4.78 is 23.5. The zero-order valence-electron chi connectivity index (χ0n) is 7.38. The molecule has 0 aliphatic carbocycles. The Labute approximate surface area is 80.4 Å². The van der Waals surface area contributed by atoms with Crippen molar-refractivity contribution in [3.63, 3.8) is 0 Å². The molecule has 2 N–H and O–H groups in total. The highest BCUT2D eigenvalue weighted by Gasteiger charge is 2.11. The smallest absolute Gasteiger partial charge is 0.250 e. The van der Waals surface area contributed by atoms with Gasteiger partial charge in [0.1, 0.15) is 0 Å². The molecule has 6 nitrogen and oxygen atoms in total. The minimum Gasteiger partial charge on any atom is -0.250 e. The second-order valence-electron chi connectivity index (χ2n) is 2.88. The molecule has 74 valence electrons. The van der Waals surface area contributed by atoms with Crippen molar-refractivity contribution in [1.82, 2.24) is 14.8 Å². The van der Waals surface area contributed by atoms with E-state index in [-0.39, 0.29) is 5.03 Å². The van der Waals surface area contributed by atoms with E-state index >= 15 is 0 Å². The van der Waals surface area contributed by atoms with Crippen molar-refractivity contribution >= 4 is 21.1 Å². The Hall–Kier alpha value is -1.47. The van der Waals surface area contributed by atoms with E-state index in [1.807, 2.05) is 0 Å².